The smallest absolute Gasteiger partial charge is 0.432 e. The number of halogens is 2. The lowest BCUT2D eigenvalue weighted by atomic mass is 10.1. The van der Waals surface area contributed by atoms with Crippen molar-refractivity contribution in [1.82, 2.24) is 16.0 Å². The predicted octanol–water partition coefficient (Wildman–Crippen LogP) is 4.37. The van der Waals surface area contributed by atoms with E-state index in [9.17, 15) is 23.7 Å². The molecule has 1 fully saturated rings. The fourth-order valence-corrected chi connectivity index (χ4v) is 4.64. The van der Waals surface area contributed by atoms with Gasteiger partial charge in [-0.15, -0.1) is 0 Å². The number of nitrogens with zero attached hydrogens (tertiary/aromatic N) is 1. The quantitative estimate of drug-likeness (QED) is 0.0494. The number of carbonyl (C=O) groups excluding carboxylic acids is 4. The van der Waals surface area contributed by atoms with E-state index in [4.69, 9.17) is 47.5 Å². The largest absolute Gasteiger partial charge is 0.510 e. The zero-order valence-electron chi connectivity index (χ0n) is 26.8. The van der Waals surface area contributed by atoms with Gasteiger partial charge in [0.15, 0.2) is 0 Å². The second-order valence-corrected chi connectivity index (χ2v) is 12.9. The van der Waals surface area contributed by atoms with Crippen molar-refractivity contribution >= 4 is 61.6 Å². The molecule has 1 aromatic rings. The predicted molar refractivity (Wildman–Crippen MR) is 174 cm³/mol. The third-order valence-corrected chi connectivity index (χ3v) is 7.94. The Morgan fingerprint density at radius 1 is 1.02 bits per heavy atom. The van der Waals surface area contributed by atoms with Crippen molar-refractivity contribution in [2.24, 2.45) is 10.7 Å². The van der Waals surface area contributed by atoms with Gasteiger partial charge < -0.3 is 40.6 Å². The van der Waals surface area contributed by atoms with Gasteiger partial charge >= 0.3 is 19.9 Å². The van der Waals surface area contributed by atoms with Crippen LogP contribution in [0.3, 0.4) is 0 Å². The number of hydrogen-bond donors (Lipinski definition) is 4. The SMILES string of the molecule is CC(C)OC(=O)OCOP(=O)(C/N=C/C(NC=O)=C(\N)C(=O)NC1CCNCC1)OCOC(=O)OC(C)C.Cc1c(Cl)cccc1Cl. The van der Waals surface area contributed by atoms with E-state index in [1.165, 1.54) is 0 Å². The van der Waals surface area contributed by atoms with Crippen LogP contribution in [0.15, 0.2) is 34.6 Å². The Bertz CT molecular complexity index is 1240. The molecule has 16 nitrogen and oxygen atoms in total. The van der Waals surface area contributed by atoms with Crippen LogP contribution in [0.5, 0.6) is 0 Å². The highest BCUT2D eigenvalue weighted by atomic mass is 35.5. The minimum atomic E-state index is -4.21. The van der Waals surface area contributed by atoms with Crippen LogP contribution in [0.25, 0.3) is 0 Å². The van der Waals surface area contributed by atoms with E-state index >= 15 is 0 Å². The number of carbonyl (C=O) groups is 4. The summed E-state index contributed by atoms with van der Waals surface area (Å²) in [4.78, 5) is 50.5. The third-order valence-electron chi connectivity index (χ3n) is 5.62. The van der Waals surface area contributed by atoms with Crippen molar-refractivity contribution in [1.29, 1.82) is 0 Å². The molecule has 0 aromatic heterocycles. The summed E-state index contributed by atoms with van der Waals surface area (Å²) in [6.45, 7) is 8.06. The molecule has 264 valence electrons. The molecule has 0 atom stereocenters. The molecule has 0 spiro atoms. The summed E-state index contributed by atoms with van der Waals surface area (Å²) in [5.41, 5.74) is 6.32. The van der Waals surface area contributed by atoms with Crippen LogP contribution in [0, 0.1) is 6.92 Å². The molecule has 0 bridgehead atoms. The number of benzene rings is 1. The van der Waals surface area contributed by atoms with E-state index in [1.807, 2.05) is 25.1 Å². The summed E-state index contributed by atoms with van der Waals surface area (Å²) in [6, 6.07) is 5.38. The maximum absolute atomic E-state index is 13.1. The zero-order valence-corrected chi connectivity index (χ0v) is 29.2. The summed E-state index contributed by atoms with van der Waals surface area (Å²) in [5, 5.41) is 9.63. The number of nitrogens with one attached hydrogen (secondary N) is 3. The molecule has 1 aromatic carbocycles. The summed E-state index contributed by atoms with van der Waals surface area (Å²) in [7, 11) is -4.21. The molecule has 1 heterocycles. The minimum absolute atomic E-state index is 0.0940. The van der Waals surface area contributed by atoms with E-state index in [2.05, 4.69) is 30.4 Å². The zero-order chi connectivity index (χ0) is 35.4. The molecule has 2 amide bonds. The van der Waals surface area contributed by atoms with Gasteiger partial charge in [0.2, 0.25) is 20.0 Å². The number of amides is 2. The van der Waals surface area contributed by atoms with Crippen molar-refractivity contribution in [2.45, 2.75) is 65.7 Å². The fourth-order valence-electron chi connectivity index (χ4n) is 3.29. The number of ether oxygens (including phenoxy) is 4. The number of rotatable bonds is 15. The third kappa shape index (κ3) is 17.9. The molecule has 47 heavy (non-hydrogen) atoms. The first kappa shape index (κ1) is 41.6. The first-order valence-corrected chi connectivity index (χ1v) is 16.8. The molecular weight excluding hydrogens is 684 g/mol. The molecular formula is C28H42Cl2N5O11P. The average Bonchev–Trinajstić information content (AvgIpc) is 2.99. The second-order valence-electron chi connectivity index (χ2n) is 10.1. The number of allylic oxidation sites excluding steroid dienone is 1. The van der Waals surface area contributed by atoms with Crippen molar-refractivity contribution in [2.75, 3.05) is 33.0 Å². The Kier molecular flexibility index (Phi) is 19.7. The lowest BCUT2D eigenvalue weighted by Gasteiger charge is -2.23. The normalized spacial score (nSPS) is 14.1. The number of piperidine rings is 1. The average molecular weight is 727 g/mol. The topological polar surface area (TPSA) is 215 Å². The second kappa shape index (κ2) is 22.2. The first-order chi connectivity index (χ1) is 22.2. The molecule has 0 unspecified atom stereocenters. The summed E-state index contributed by atoms with van der Waals surface area (Å²) in [5.74, 6) is -0.627. The minimum Gasteiger partial charge on any atom is -0.432 e. The van der Waals surface area contributed by atoms with Crippen molar-refractivity contribution in [3.8, 4) is 0 Å². The van der Waals surface area contributed by atoms with Crippen LogP contribution in [0.2, 0.25) is 10.0 Å². The first-order valence-electron chi connectivity index (χ1n) is 14.3. The van der Waals surface area contributed by atoms with E-state index in [-0.39, 0.29) is 23.8 Å². The highest BCUT2D eigenvalue weighted by molar-refractivity contribution is 7.53. The lowest BCUT2D eigenvalue weighted by molar-refractivity contribution is -0.118. The molecule has 0 saturated carbocycles. The molecule has 5 N–H and O–H groups in total. The van der Waals surface area contributed by atoms with Crippen LogP contribution >= 0.6 is 30.8 Å². The Morgan fingerprint density at radius 2 is 1.53 bits per heavy atom. The van der Waals surface area contributed by atoms with Gasteiger partial charge in [-0.05, 0) is 78.2 Å². The maximum Gasteiger partial charge on any atom is 0.510 e. The van der Waals surface area contributed by atoms with Crippen molar-refractivity contribution < 1.29 is 51.7 Å². The summed E-state index contributed by atoms with van der Waals surface area (Å²) < 4.78 is 42.0. The standard InChI is InChI=1S/C21H36N5O11P.C7H6Cl2/c1-14(2)36-20(29)32-12-34-38(31,35-13-33-21(30)37-15(3)4)11-24-9-17(25-10-27)18(22)19(28)26-16-5-7-23-8-6-16;1-5-6(8)3-2-4-7(5)9/h9-10,14-16,23H,5-8,11-13,22H2,1-4H3,(H,25,27)(H,26,28);2-4H,1H3/b18-17+,24-9+;. The van der Waals surface area contributed by atoms with Crippen LogP contribution < -0.4 is 21.7 Å². The van der Waals surface area contributed by atoms with Gasteiger partial charge in [-0.25, -0.2) is 9.59 Å². The fraction of sp³-hybridized carbons (Fsp3) is 0.536. The van der Waals surface area contributed by atoms with Crippen LogP contribution in [0.4, 0.5) is 9.59 Å². The number of aliphatic imine (C=N–C) groups is 1. The van der Waals surface area contributed by atoms with E-state index in [1.54, 1.807) is 27.7 Å². The molecule has 1 aliphatic heterocycles. The van der Waals surface area contributed by atoms with Crippen LogP contribution in [0.1, 0.15) is 46.1 Å². The van der Waals surface area contributed by atoms with Crippen LogP contribution in [-0.4, -0.2) is 82.1 Å². The monoisotopic (exact) mass is 725 g/mol. The Morgan fingerprint density at radius 3 is 1.98 bits per heavy atom. The molecule has 19 heteroatoms. The lowest BCUT2D eigenvalue weighted by Crippen LogP contribution is -2.44. The van der Waals surface area contributed by atoms with Crippen molar-refractivity contribution in [3.05, 3.63) is 45.2 Å². The molecule has 0 aliphatic carbocycles. The number of hydrogen-bond acceptors (Lipinski definition) is 14. The van der Waals surface area contributed by atoms with Gasteiger partial charge in [0.1, 0.15) is 12.0 Å². The van der Waals surface area contributed by atoms with Gasteiger partial charge in [0.05, 0.1) is 17.9 Å². The molecule has 0 radical (unpaired) electrons. The highest BCUT2D eigenvalue weighted by Gasteiger charge is 2.27. The summed E-state index contributed by atoms with van der Waals surface area (Å²) in [6.07, 6.45) is -1.13. The summed E-state index contributed by atoms with van der Waals surface area (Å²) >= 11 is 11.5. The Labute approximate surface area is 283 Å². The molecule has 1 saturated heterocycles. The van der Waals surface area contributed by atoms with E-state index < -0.39 is 57.9 Å². The van der Waals surface area contributed by atoms with E-state index in [0.29, 0.717) is 12.8 Å². The van der Waals surface area contributed by atoms with Crippen LogP contribution in [-0.2, 0) is 42.1 Å². The van der Waals surface area contributed by atoms with Gasteiger partial charge in [0.25, 0.3) is 5.91 Å². The molecule has 1 aliphatic rings. The van der Waals surface area contributed by atoms with Gasteiger partial charge in [-0.3, -0.25) is 28.2 Å². The van der Waals surface area contributed by atoms with Crippen molar-refractivity contribution in [3.63, 3.8) is 0 Å². The Hall–Kier alpha value is -3.40. The van der Waals surface area contributed by atoms with Gasteiger partial charge in [-0.2, -0.15) is 0 Å². The number of nitrogens with two attached hydrogens (primary N) is 1. The molecule has 2 rings (SSSR count). The van der Waals surface area contributed by atoms with Gasteiger partial charge in [0, 0.05) is 22.3 Å². The van der Waals surface area contributed by atoms with Gasteiger partial charge in [-0.1, -0.05) is 29.3 Å². The Balaban J connectivity index is 0.00000105. The van der Waals surface area contributed by atoms with E-state index in [0.717, 1.165) is 34.9 Å². The highest BCUT2D eigenvalue weighted by Crippen LogP contribution is 2.48. The maximum atomic E-state index is 13.1.